The van der Waals surface area contributed by atoms with Gasteiger partial charge in [-0.3, -0.25) is 0 Å². The fourth-order valence-corrected chi connectivity index (χ4v) is 4.95. The minimum atomic E-state index is 0.232. The Balaban J connectivity index is 1.78. The van der Waals surface area contributed by atoms with Crippen LogP contribution < -0.4 is 4.57 Å². The van der Waals surface area contributed by atoms with Gasteiger partial charge in [0.2, 0.25) is 5.69 Å². The lowest BCUT2D eigenvalue weighted by molar-refractivity contribution is -0.660. The Morgan fingerprint density at radius 1 is 0.853 bits per heavy atom. The lowest BCUT2D eigenvalue weighted by Crippen LogP contribution is -2.32. The molecule has 2 heterocycles. The number of nitrogens with zero attached hydrogens (tertiary/aromatic N) is 2. The van der Waals surface area contributed by atoms with E-state index < -0.39 is 0 Å². The maximum Gasteiger partial charge on any atom is 0.216 e. The quantitative estimate of drug-likeness (QED) is 0.270. The first-order valence-electron chi connectivity index (χ1n) is 11.7. The second kappa shape index (κ2) is 8.15. The summed E-state index contributed by atoms with van der Waals surface area (Å²) >= 11 is 0. The zero-order valence-electron chi connectivity index (χ0n) is 20.4. The third kappa shape index (κ3) is 3.76. The van der Waals surface area contributed by atoms with Crippen LogP contribution in [0.4, 0.5) is 0 Å². The van der Waals surface area contributed by atoms with Crippen LogP contribution in [0.3, 0.4) is 0 Å². The van der Waals surface area contributed by atoms with Gasteiger partial charge in [0.1, 0.15) is 18.2 Å². The van der Waals surface area contributed by atoms with E-state index in [0.717, 1.165) is 56.3 Å². The molecule has 5 aromatic rings. The van der Waals surface area contributed by atoms with E-state index in [2.05, 4.69) is 75.8 Å². The Kier molecular flexibility index (Phi) is 5.25. The Hall–Kier alpha value is -3.90. The molecular formula is C31H29N2O+. The molecule has 0 saturated carbocycles. The first kappa shape index (κ1) is 21.9. The van der Waals surface area contributed by atoms with Crippen molar-refractivity contribution in [3.8, 4) is 28.5 Å². The first-order chi connectivity index (χ1) is 16.3. The summed E-state index contributed by atoms with van der Waals surface area (Å²) in [6.07, 6.45) is 3.25. The molecule has 0 amide bonds. The predicted molar refractivity (Wildman–Crippen MR) is 138 cm³/mol. The van der Waals surface area contributed by atoms with Crippen molar-refractivity contribution in [2.24, 2.45) is 12.5 Å². The maximum absolute atomic E-state index is 9.84. The molecule has 5 rings (SSSR count). The number of rotatable bonds is 3. The highest BCUT2D eigenvalue weighted by molar-refractivity contribution is 6.13. The van der Waals surface area contributed by atoms with Crippen LogP contribution in [-0.4, -0.2) is 0 Å². The summed E-state index contributed by atoms with van der Waals surface area (Å²) in [5, 5.41) is 11.9. The smallest absolute Gasteiger partial charge is 0.216 e. The number of hydrogen-bond donors (Lipinski definition) is 0. The third-order valence-electron chi connectivity index (χ3n) is 6.39. The average molecular weight is 446 g/mol. The molecule has 3 heteroatoms. The normalized spacial score (nSPS) is 11.8. The predicted octanol–water partition coefficient (Wildman–Crippen LogP) is 7.51. The monoisotopic (exact) mass is 445 g/mol. The Morgan fingerprint density at radius 3 is 2.18 bits per heavy atom. The number of aryl methyl sites for hydroxylation is 2. The second-order valence-electron chi connectivity index (χ2n) is 10.3. The van der Waals surface area contributed by atoms with Crippen LogP contribution in [0.2, 0.25) is 0 Å². The van der Waals surface area contributed by atoms with Crippen LogP contribution in [0.25, 0.3) is 44.3 Å². The number of hydrogen-bond acceptors (Lipinski definition) is 2. The van der Waals surface area contributed by atoms with Gasteiger partial charge in [-0.1, -0.05) is 63.2 Å². The largest absolute Gasteiger partial charge is 0.454 e. The van der Waals surface area contributed by atoms with Gasteiger partial charge in [-0.2, -0.15) is 5.26 Å². The zero-order valence-corrected chi connectivity index (χ0v) is 20.4. The van der Waals surface area contributed by atoms with E-state index >= 15 is 0 Å². The number of furan rings is 1. The Labute approximate surface area is 200 Å². The van der Waals surface area contributed by atoms with Crippen LogP contribution in [0.1, 0.15) is 37.5 Å². The summed E-state index contributed by atoms with van der Waals surface area (Å²) in [7, 11) is 2.10. The summed E-state index contributed by atoms with van der Waals surface area (Å²) in [5.41, 5.74) is 9.00. The van der Waals surface area contributed by atoms with Gasteiger partial charge in [0.15, 0.2) is 6.20 Å². The van der Waals surface area contributed by atoms with Crippen LogP contribution >= 0.6 is 0 Å². The van der Waals surface area contributed by atoms with E-state index in [9.17, 15) is 5.26 Å². The molecule has 0 saturated heterocycles. The van der Waals surface area contributed by atoms with Crippen LogP contribution in [0, 0.1) is 23.7 Å². The van der Waals surface area contributed by atoms with Gasteiger partial charge in [-0.05, 0) is 48.1 Å². The van der Waals surface area contributed by atoms with Gasteiger partial charge in [0, 0.05) is 28.0 Å². The van der Waals surface area contributed by atoms with E-state index in [1.54, 1.807) is 0 Å². The fraction of sp³-hybridized carbons (Fsp3) is 0.226. The van der Waals surface area contributed by atoms with Gasteiger partial charge in [0.25, 0.3) is 0 Å². The number of fused-ring (bicyclic) bond motifs is 3. The average Bonchev–Trinajstić information content (AvgIpc) is 3.17. The highest BCUT2D eigenvalue weighted by Crippen LogP contribution is 2.41. The molecular weight excluding hydrogens is 416 g/mol. The Morgan fingerprint density at radius 2 is 1.53 bits per heavy atom. The van der Waals surface area contributed by atoms with E-state index in [4.69, 9.17) is 4.42 Å². The molecule has 0 spiro atoms. The summed E-state index contributed by atoms with van der Waals surface area (Å²) in [5.74, 6) is 0. The van der Waals surface area contributed by atoms with Gasteiger partial charge < -0.3 is 4.42 Å². The first-order valence-corrected chi connectivity index (χ1v) is 11.7. The highest BCUT2D eigenvalue weighted by Gasteiger charge is 2.24. The summed E-state index contributed by atoms with van der Waals surface area (Å²) in [6, 6.07) is 25.0. The van der Waals surface area contributed by atoms with Crippen LogP contribution in [-0.2, 0) is 13.5 Å². The molecule has 168 valence electrons. The molecule has 3 nitrogen and oxygen atoms in total. The fourth-order valence-electron chi connectivity index (χ4n) is 4.95. The summed E-state index contributed by atoms with van der Waals surface area (Å²) < 4.78 is 8.85. The molecule has 0 bridgehead atoms. The third-order valence-corrected chi connectivity index (χ3v) is 6.39. The number of pyridine rings is 1. The molecule has 0 aliphatic rings. The zero-order chi connectivity index (χ0) is 24.0. The molecule has 0 aliphatic carbocycles. The van der Waals surface area contributed by atoms with Gasteiger partial charge in [-0.25, -0.2) is 4.57 Å². The lowest BCUT2D eigenvalue weighted by Gasteiger charge is -2.17. The van der Waals surface area contributed by atoms with Crippen molar-refractivity contribution in [1.82, 2.24) is 0 Å². The van der Waals surface area contributed by atoms with Crippen LogP contribution in [0.15, 0.2) is 77.3 Å². The Bertz CT molecular complexity index is 1580. The molecule has 0 radical (unpaired) electrons. The molecule has 34 heavy (non-hydrogen) atoms. The van der Waals surface area contributed by atoms with Gasteiger partial charge in [0.05, 0.1) is 17.2 Å². The standard InChI is InChI=1S/C31H29N2O/c1-20-11-14-24-25-15-13-23(18-32)28(22-9-7-6-8-10-22)30(25)34-29(24)27(20)26-16-12-21(19-33(26)5)17-31(2,3)4/h6-16,19H,17H2,1-5H3/q+1. The van der Waals surface area contributed by atoms with E-state index in [1.807, 2.05) is 42.5 Å². The van der Waals surface area contributed by atoms with E-state index in [-0.39, 0.29) is 5.41 Å². The van der Waals surface area contributed by atoms with Gasteiger partial charge >= 0.3 is 0 Å². The van der Waals surface area contributed by atoms with Crippen molar-refractivity contribution >= 4 is 21.9 Å². The number of aromatic nitrogens is 1. The molecule has 0 fully saturated rings. The SMILES string of the molecule is Cc1ccc2c(oc3c(-c4ccccc4)c(C#N)ccc32)c1-c1ccc(CC(C)(C)C)c[n+]1C. The summed E-state index contributed by atoms with van der Waals surface area (Å²) in [6.45, 7) is 8.92. The highest BCUT2D eigenvalue weighted by atomic mass is 16.3. The number of benzene rings is 3. The topological polar surface area (TPSA) is 40.8 Å². The van der Waals surface area contributed by atoms with E-state index in [0.29, 0.717) is 5.56 Å². The lowest BCUT2D eigenvalue weighted by atomic mass is 9.88. The van der Waals surface area contributed by atoms with Crippen molar-refractivity contribution in [3.63, 3.8) is 0 Å². The maximum atomic E-state index is 9.84. The molecule has 0 N–H and O–H groups in total. The van der Waals surface area contributed by atoms with E-state index in [1.165, 1.54) is 5.56 Å². The van der Waals surface area contributed by atoms with Crippen molar-refractivity contribution in [3.05, 3.63) is 89.6 Å². The van der Waals surface area contributed by atoms with Crippen molar-refractivity contribution in [2.75, 3.05) is 0 Å². The molecule has 0 atom stereocenters. The second-order valence-corrected chi connectivity index (χ2v) is 10.3. The molecule has 0 aliphatic heterocycles. The van der Waals surface area contributed by atoms with Crippen LogP contribution in [0.5, 0.6) is 0 Å². The minimum Gasteiger partial charge on any atom is -0.454 e. The molecule has 2 aromatic heterocycles. The summed E-state index contributed by atoms with van der Waals surface area (Å²) in [4.78, 5) is 0. The number of nitriles is 1. The molecule has 3 aromatic carbocycles. The minimum absolute atomic E-state index is 0.232. The van der Waals surface area contributed by atoms with Crippen molar-refractivity contribution in [1.29, 1.82) is 5.26 Å². The van der Waals surface area contributed by atoms with Crippen molar-refractivity contribution < 1.29 is 8.98 Å². The van der Waals surface area contributed by atoms with Crippen molar-refractivity contribution in [2.45, 2.75) is 34.1 Å². The van der Waals surface area contributed by atoms with Gasteiger partial charge in [-0.15, -0.1) is 0 Å². The molecule has 0 unspecified atom stereocenters.